The number of hydrogen-bond acceptors (Lipinski definition) is 2. The molecule has 96 valence electrons. The Balaban J connectivity index is 2.02. The molecule has 0 aromatic carbocycles. The molecule has 0 aliphatic heterocycles. The van der Waals surface area contributed by atoms with Gasteiger partial charge in [-0.3, -0.25) is 9.59 Å². The molecule has 2 fully saturated rings. The summed E-state index contributed by atoms with van der Waals surface area (Å²) in [4.78, 5) is 25.1. The number of carbonyl (C=O) groups is 2. The van der Waals surface area contributed by atoms with Crippen LogP contribution in [0.3, 0.4) is 0 Å². The van der Waals surface area contributed by atoms with Gasteiger partial charge in [-0.2, -0.15) is 0 Å². The topological polar surface area (TPSA) is 57.6 Å². The SMILES string of the molecule is CC1CCCC(N(C)C(=O)C2(C(=O)O)CC2)C1. The van der Waals surface area contributed by atoms with Gasteiger partial charge >= 0.3 is 5.97 Å². The molecule has 2 rings (SSSR count). The van der Waals surface area contributed by atoms with Crippen molar-refractivity contribution in [2.24, 2.45) is 11.3 Å². The van der Waals surface area contributed by atoms with E-state index in [0.717, 1.165) is 19.3 Å². The molecule has 2 atom stereocenters. The average molecular weight is 239 g/mol. The predicted molar refractivity (Wildman–Crippen MR) is 63.5 cm³/mol. The van der Waals surface area contributed by atoms with Gasteiger partial charge in [0, 0.05) is 13.1 Å². The Labute approximate surface area is 102 Å². The van der Waals surface area contributed by atoms with Gasteiger partial charge in [0.2, 0.25) is 5.91 Å². The van der Waals surface area contributed by atoms with Crippen LogP contribution in [0.25, 0.3) is 0 Å². The quantitative estimate of drug-likeness (QED) is 0.765. The minimum absolute atomic E-state index is 0.177. The zero-order valence-electron chi connectivity index (χ0n) is 10.6. The Morgan fingerprint density at radius 1 is 1.29 bits per heavy atom. The molecule has 0 spiro atoms. The lowest BCUT2D eigenvalue weighted by Gasteiger charge is -2.35. The van der Waals surface area contributed by atoms with Crippen molar-refractivity contribution in [3.05, 3.63) is 0 Å². The molecule has 4 nitrogen and oxygen atoms in total. The molecule has 2 saturated carbocycles. The number of carboxylic acids is 1. The van der Waals surface area contributed by atoms with Crippen LogP contribution in [0.1, 0.15) is 45.4 Å². The second-order valence-corrected chi connectivity index (χ2v) is 5.73. The summed E-state index contributed by atoms with van der Waals surface area (Å²) in [7, 11) is 1.77. The van der Waals surface area contributed by atoms with Crippen molar-refractivity contribution in [2.75, 3.05) is 7.05 Å². The number of hydrogen-bond donors (Lipinski definition) is 1. The van der Waals surface area contributed by atoms with E-state index in [1.54, 1.807) is 11.9 Å². The van der Waals surface area contributed by atoms with Crippen molar-refractivity contribution in [3.63, 3.8) is 0 Å². The van der Waals surface area contributed by atoms with Crippen LogP contribution in [0.2, 0.25) is 0 Å². The minimum Gasteiger partial charge on any atom is -0.480 e. The number of amides is 1. The highest BCUT2D eigenvalue weighted by Gasteiger charge is 2.58. The van der Waals surface area contributed by atoms with Gasteiger partial charge in [0.25, 0.3) is 0 Å². The van der Waals surface area contributed by atoms with E-state index in [9.17, 15) is 9.59 Å². The highest BCUT2D eigenvalue weighted by molar-refractivity contribution is 6.04. The monoisotopic (exact) mass is 239 g/mol. The third-order valence-corrected chi connectivity index (χ3v) is 4.35. The second kappa shape index (κ2) is 4.31. The first kappa shape index (κ1) is 12.4. The van der Waals surface area contributed by atoms with Gasteiger partial charge in [-0.05, 0) is 31.6 Å². The van der Waals surface area contributed by atoms with Crippen LogP contribution in [0.15, 0.2) is 0 Å². The van der Waals surface area contributed by atoms with Crippen molar-refractivity contribution in [3.8, 4) is 0 Å². The third kappa shape index (κ3) is 2.17. The fourth-order valence-corrected chi connectivity index (χ4v) is 2.90. The highest BCUT2D eigenvalue weighted by Crippen LogP contribution is 2.48. The van der Waals surface area contributed by atoms with Gasteiger partial charge in [-0.1, -0.05) is 19.8 Å². The summed E-state index contributed by atoms with van der Waals surface area (Å²) in [6.07, 6.45) is 5.41. The maximum atomic E-state index is 12.2. The molecule has 1 N–H and O–H groups in total. The van der Waals surface area contributed by atoms with E-state index in [1.807, 2.05) is 0 Å². The summed E-state index contributed by atoms with van der Waals surface area (Å²) in [6.45, 7) is 2.20. The molecule has 0 bridgehead atoms. The highest BCUT2D eigenvalue weighted by atomic mass is 16.4. The first-order chi connectivity index (χ1) is 7.97. The van der Waals surface area contributed by atoms with Gasteiger partial charge in [0.1, 0.15) is 5.41 Å². The lowest BCUT2D eigenvalue weighted by molar-refractivity contribution is -0.154. The molecular weight excluding hydrogens is 218 g/mol. The molecule has 0 saturated heterocycles. The largest absolute Gasteiger partial charge is 0.480 e. The Morgan fingerprint density at radius 3 is 2.41 bits per heavy atom. The molecule has 0 aromatic rings. The van der Waals surface area contributed by atoms with Crippen molar-refractivity contribution >= 4 is 11.9 Å². The molecule has 0 aromatic heterocycles. The van der Waals surface area contributed by atoms with E-state index in [0.29, 0.717) is 18.8 Å². The molecule has 2 aliphatic rings. The van der Waals surface area contributed by atoms with Crippen LogP contribution >= 0.6 is 0 Å². The number of aliphatic carboxylic acids is 1. The Bertz CT molecular complexity index is 336. The van der Waals surface area contributed by atoms with Crippen LogP contribution < -0.4 is 0 Å². The van der Waals surface area contributed by atoms with E-state index in [1.165, 1.54) is 6.42 Å². The maximum Gasteiger partial charge on any atom is 0.319 e. The van der Waals surface area contributed by atoms with Crippen molar-refractivity contribution in [2.45, 2.75) is 51.5 Å². The van der Waals surface area contributed by atoms with Crippen molar-refractivity contribution in [1.82, 2.24) is 4.90 Å². The summed E-state index contributed by atoms with van der Waals surface area (Å²) in [5.74, 6) is -0.480. The lowest BCUT2D eigenvalue weighted by Crippen LogP contribution is -2.45. The summed E-state index contributed by atoms with van der Waals surface area (Å²) in [5.41, 5.74) is -1.07. The molecule has 1 amide bonds. The van der Waals surface area contributed by atoms with Gasteiger partial charge in [-0.15, -0.1) is 0 Å². The van der Waals surface area contributed by atoms with E-state index in [2.05, 4.69) is 6.92 Å². The number of rotatable bonds is 3. The molecule has 4 heteroatoms. The third-order valence-electron chi connectivity index (χ3n) is 4.35. The smallest absolute Gasteiger partial charge is 0.319 e. The normalized spacial score (nSPS) is 30.7. The average Bonchev–Trinajstić information content (AvgIpc) is 3.08. The number of carbonyl (C=O) groups excluding carboxylic acids is 1. The van der Waals surface area contributed by atoms with Crippen molar-refractivity contribution in [1.29, 1.82) is 0 Å². The lowest BCUT2D eigenvalue weighted by atomic mass is 9.86. The van der Waals surface area contributed by atoms with E-state index >= 15 is 0 Å². The van der Waals surface area contributed by atoms with Crippen LogP contribution in [-0.4, -0.2) is 35.0 Å². The summed E-state index contributed by atoms with van der Waals surface area (Å²) < 4.78 is 0. The summed E-state index contributed by atoms with van der Waals surface area (Å²) >= 11 is 0. The van der Waals surface area contributed by atoms with Gasteiger partial charge in [0.15, 0.2) is 0 Å². The fourth-order valence-electron chi connectivity index (χ4n) is 2.90. The zero-order chi connectivity index (χ0) is 12.6. The van der Waals surface area contributed by atoms with E-state index in [-0.39, 0.29) is 11.9 Å². The number of carboxylic acid groups (broad SMARTS) is 1. The van der Waals surface area contributed by atoms with E-state index in [4.69, 9.17) is 5.11 Å². The molecule has 2 unspecified atom stereocenters. The molecular formula is C13H21NO3. The fraction of sp³-hybridized carbons (Fsp3) is 0.846. The maximum absolute atomic E-state index is 12.2. The zero-order valence-corrected chi connectivity index (χ0v) is 10.6. The molecule has 0 radical (unpaired) electrons. The van der Waals surface area contributed by atoms with Crippen LogP contribution in [0, 0.1) is 11.3 Å². The molecule has 2 aliphatic carbocycles. The first-order valence-corrected chi connectivity index (χ1v) is 6.48. The number of nitrogens with zero attached hydrogens (tertiary/aromatic N) is 1. The Hall–Kier alpha value is -1.06. The van der Waals surface area contributed by atoms with Gasteiger partial charge in [-0.25, -0.2) is 0 Å². The Morgan fingerprint density at radius 2 is 1.94 bits per heavy atom. The second-order valence-electron chi connectivity index (χ2n) is 5.73. The van der Waals surface area contributed by atoms with Gasteiger partial charge in [0.05, 0.1) is 0 Å². The Kier molecular flexibility index (Phi) is 3.15. The first-order valence-electron chi connectivity index (χ1n) is 6.48. The minimum atomic E-state index is -1.07. The van der Waals surface area contributed by atoms with Crippen LogP contribution in [0.5, 0.6) is 0 Å². The molecule has 0 heterocycles. The van der Waals surface area contributed by atoms with Crippen LogP contribution in [-0.2, 0) is 9.59 Å². The van der Waals surface area contributed by atoms with E-state index < -0.39 is 11.4 Å². The predicted octanol–water partition coefficient (Wildman–Crippen LogP) is 1.89. The summed E-state index contributed by atoms with van der Waals surface area (Å²) in [5, 5.41) is 9.13. The van der Waals surface area contributed by atoms with Gasteiger partial charge < -0.3 is 10.0 Å². The molecule has 17 heavy (non-hydrogen) atoms. The van der Waals surface area contributed by atoms with Crippen molar-refractivity contribution < 1.29 is 14.7 Å². The van der Waals surface area contributed by atoms with Crippen LogP contribution in [0.4, 0.5) is 0 Å². The standard InChI is InChI=1S/C13H21NO3/c1-9-4-3-5-10(8-9)14(2)11(15)13(6-7-13)12(16)17/h9-10H,3-8H2,1-2H3,(H,16,17). The summed E-state index contributed by atoms with van der Waals surface area (Å²) in [6, 6.07) is 0.239.